The van der Waals surface area contributed by atoms with Gasteiger partial charge in [-0.15, -0.1) is 0 Å². The monoisotopic (exact) mass is 340 g/mol. The molecule has 0 aliphatic heterocycles. The van der Waals surface area contributed by atoms with E-state index >= 15 is 0 Å². The van der Waals surface area contributed by atoms with Gasteiger partial charge in [-0.1, -0.05) is 31.2 Å². The van der Waals surface area contributed by atoms with Crippen molar-refractivity contribution in [1.82, 2.24) is 0 Å². The van der Waals surface area contributed by atoms with Crippen LogP contribution in [0, 0.1) is 17.8 Å². The number of Topliss-reactive ketones (excluding diaryl/α,β-unsaturated/α-hetero) is 4. The van der Waals surface area contributed by atoms with Crippen molar-refractivity contribution in [2.75, 3.05) is 0 Å². The zero-order valence-electron chi connectivity index (χ0n) is 14.6. The summed E-state index contributed by atoms with van der Waals surface area (Å²) in [5.74, 6) is -0.727. The van der Waals surface area contributed by atoms with Gasteiger partial charge >= 0.3 is 0 Å². The molecule has 3 rings (SSSR count). The lowest BCUT2D eigenvalue weighted by Crippen LogP contribution is -2.37. The van der Waals surface area contributed by atoms with Crippen LogP contribution in [0.15, 0.2) is 24.3 Å². The summed E-state index contributed by atoms with van der Waals surface area (Å²) in [6.07, 6.45) is 3.56. The fourth-order valence-corrected chi connectivity index (χ4v) is 4.21. The van der Waals surface area contributed by atoms with Gasteiger partial charge in [-0.2, -0.15) is 0 Å². The van der Waals surface area contributed by atoms with Crippen LogP contribution in [-0.4, -0.2) is 23.1 Å². The highest BCUT2D eigenvalue weighted by molar-refractivity contribution is 6.15. The molecule has 0 saturated heterocycles. The zero-order chi connectivity index (χ0) is 18.0. The molecule has 0 spiro atoms. The minimum absolute atomic E-state index is 0.0290. The lowest BCUT2D eigenvalue weighted by atomic mass is 9.69. The molecular weight excluding hydrogens is 316 g/mol. The third-order valence-electron chi connectivity index (χ3n) is 5.78. The normalized spacial score (nSPS) is 26.4. The second-order valence-electron chi connectivity index (χ2n) is 7.36. The van der Waals surface area contributed by atoms with Gasteiger partial charge in [-0.05, 0) is 25.2 Å². The van der Waals surface area contributed by atoms with Crippen LogP contribution >= 0.6 is 0 Å². The van der Waals surface area contributed by atoms with Crippen molar-refractivity contribution in [2.24, 2.45) is 17.8 Å². The molecule has 4 heteroatoms. The highest BCUT2D eigenvalue weighted by atomic mass is 16.1. The van der Waals surface area contributed by atoms with Crippen molar-refractivity contribution in [3.05, 3.63) is 35.4 Å². The Kier molecular flexibility index (Phi) is 5.26. The van der Waals surface area contributed by atoms with Crippen LogP contribution < -0.4 is 0 Å². The van der Waals surface area contributed by atoms with Gasteiger partial charge in [0.25, 0.3) is 0 Å². The molecule has 0 bridgehead atoms. The Morgan fingerprint density at radius 1 is 0.880 bits per heavy atom. The highest BCUT2D eigenvalue weighted by Crippen LogP contribution is 2.36. The van der Waals surface area contributed by atoms with Gasteiger partial charge < -0.3 is 0 Å². The van der Waals surface area contributed by atoms with Gasteiger partial charge in [-0.25, -0.2) is 0 Å². The Hall–Kier alpha value is -2.10. The van der Waals surface area contributed by atoms with E-state index < -0.39 is 5.92 Å². The summed E-state index contributed by atoms with van der Waals surface area (Å²) in [5.41, 5.74) is 0.967. The van der Waals surface area contributed by atoms with E-state index in [9.17, 15) is 19.2 Å². The van der Waals surface area contributed by atoms with E-state index in [4.69, 9.17) is 0 Å². The van der Waals surface area contributed by atoms with Crippen LogP contribution in [-0.2, 0) is 9.59 Å². The van der Waals surface area contributed by atoms with Crippen molar-refractivity contribution < 1.29 is 19.2 Å². The summed E-state index contributed by atoms with van der Waals surface area (Å²) >= 11 is 0. The smallest absolute Gasteiger partial charge is 0.167 e. The summed E-state index contributed by atoms with van der Waals surface area (Å²) in [4.78, 5) is 49.9. The maximum Gasteiger partial charge on any atom is 0.167 e. The molecule has 2 aliphatic rings. The fourth-order valence-electron chi connectivity index (χ4n) is 4.21. The third kappa shape index (κ3) is 3.63. The fraction of sp³-hybridized carbons (Fsp3) is 0.524. The first-order valence-corrected chi connectivity index (χ1v) is 9.20. The van der Waals surface area contributed by atoms with Gasteiger partial charge in [0, 0.05) is 48.6 Å². The van der Waals surface area contributed by atoms with Crippen LogP contribution in [0.5, 0.6) is 0 Å². The van der Waals surface area contributed by atoms with Crippen LogP contribution in [0.1, 0.15) is 72.6 Å². The van der Waals surface area contributed by atoms with E-state index in [0.29, 0.717) is 36.8 Å². The first kappa shape index (κ1) is 17.7. The average Bonchev–Trinajstić information content (AvgIpc) is 2.69. The van der Waals surface area contributed by atoms with Gasteiger partial charge in [0.1, 0.15) is 11.6 Å². The largest absolute Gasteiger partial charge is 0.300 e. The predicted molar refractivity (Wildman–Crippen MR) is 93.6 cm³/mol. The number of carbonyl (C=O) groups excluding carboxylic acids is 4. The van der Waals surface area contributed by atoms with Crippen LogP contribution in [0.4, 0.5) is 0 Å². The number of hydrogen-bond acceptors (Lipinski definition) is 4. The number of fused-ring (bicyclic) bond motifs is 1. The lowest BCUT2D eigenvalue weighted by Gasteiger charge is -2.32. The van der Waals surface area contributed by atoms with Crippen LogP contribution in [0.25, 0.3) is 0 Å². The van der Waals surface area contributed by atoms with Crippen molar-refractivity contribution in [3.63, 3.8) is 0 Å². The SMILES string of the molecule is CC(C1CCC(=O)CCCCC1=O)C1CC(=O)c2ccccc2C1=O. The van der Waals surface area contributed by atoms with E-state index in [0.717, 1.165) is 12.8 Å². The molecule has 4 nitrogen and oxygen atoms in total. The summed E-state index contributed by atoms with van der Waals surface area (Å²) in [6, 6.07) is 6.92. The minimum Gasteiger partial charge on any atom is -0.300 e. The molecule has 0 aromatic heterocycles. The Labute approximate surface area is 148 Å². The Morgan fingerprint density at radius 2 is 1.56 bits per heavy atom. The molecule has 3 unspecified atom stereocenters. The molecule has 0 radical (unpaired) electrons. The van der Waals surface area contributed by atoms with E-state index in [1.54, 1.807) is 24.3 Å². The zero-order valence-corrected chi connectivity index (χ0v) is 14.6. The van der Waals surface area contributed by atoms with Crippen LogP contribution in [0.2, 0.25) is 0 Å². The molecule has 0 N–H and O–H groups in total. The maximum absolute atomic E-state index is 12.9. The number of benzene rings is 1. The van der Waals surface area contributed by atoms with E-state index in [-0.39, 0.29) is 41.4 Å². The second kappa shape index (κ2) is 7.42. The average molecular weight is 340 g/mol. The Balaban J connectivity index is 1.85. The highest BCUT2D eigenvalue weighted by Gasteiger charge is 2.40. The molecule has 25 heavy (non-hydrogen) atoms. The standard InChI is InChI=1S/C21H24O4/c1-13(15-11-10-14(22)6-2-5-9-19(15)23)18-12-20(24)16-7-3-4-8-17(16)21(18)25/h3-4,7-8,13,15,18H,2,5-6,9-12H2,1H3. The van der Waals surface area contributed by atoms with E-state index in [1.165, 1.54) is 0 Å². The van der Waals surface area contributed by atoms with E-state index in [2.05, 4.69) is 0 Å². The minimum atomic E-state index is -0.466. The topological polar surface area (TPSA) is 68.3 Å². The van der Waals surface area contributed by atoms with E-state index in [1.807, 2.05) is 6.92 Å². The Bertz CT molecular complexity index is 718. The number of rotatable bonds is 2. The Morgan fingerprint density at radius 3 is 2.32 bits per heavy atom. The van der Waals surface area contributed by atoms with Gasteiger partial charge in [0.15, 0.2) is 11.6 Å². The maximum atomic E-state index is 12.9. The summed E-state index contributed by atoms with van der Waals surface area (Å²) in [5, 5.41) is 0. The number of carbonyl (C=O) groups is 4. The lowest BCUT2D eigenvalue weighted by molar-refractivity contribution is -0.125. The van der Waals surface area contributed by atoms with Crippen molar-refractivity contribution >= 4 is 23.1 Å². The van der Waals surface area contributed by atoms with Gasteiger partial charge in [0.2, 0.25) is 0 Å². The molecule has 2 aliphatic carbocycles. The molecule has 0 heterocycles. The molecule has 3 atom stereocenters. The van der Waals surface area contributed by atoms with Gasteiger partial charge in [-0.3, -0.25) is 19.2 Å². The molecule has 1 aromatic rings. The van der Waals surface area contributed by atoms with Gasteiger partial charge in [0.05, 0.1) is 0 Å². The van der Waals surface area contributed by atoms with Crippen molar-refractivity contribution in [1.29, 1.82) is 0 Å². The van der Waals surface area contributed by atoms with Crippen molar-refractivity contribution in [2.45, 2.75) is 51.9 Å². The summed E-state index contributed by atoms with van der Waals surface area (Å²) < 4.78 is 0. The summed E-state index contributed by atoms with van der Waals surface area (Å²) in [7, 11) is 0. The number of ketones is 4. The third-order valence-corrected chi connectivity index (χ3v) is 5.78. The number of hydrogen-bond donors (Lipinski definition) is 0. The first-order valence-electron chi connectivity index (χ1n) is 9.20. The molecule has 132 valence electrons. The first-order chi connectivity index (χ1) is 12.0. The summed E-state index contributed by atoms with van der Waals surface area (Å²) in [6.45, 7) is 1.90. The molecule has 1 fully saturated rings. The van der Waals surface area contributed by atoms with Crippen molar-refractivity contribution in [3.8, 4) is 0 Å². The molecule has 1 saturated carbocycles. The molecular formula is C21H24O4. The quantitative estimate of drug-likeness (QED) is 0.821. The molecule has 0 amide bonds. The predicted octanol–water partition coefficient (Wildman–Crippen LogP) is 3.82. The second-order valence-corrected chi connectivity index (χ2v) is 7.36. The molecule has 1 aromatic carbocycles. The van der Waals surface area contributed by atoms with Crippen LogP contribution in [0.3, 0.4) is 0 Å².